The van der Waals surface area contributed by atoms with E-state index in [9.17, 15) is 4.79 Å². The molecule has 0 aromatic heterocycles. The van der Waals surface area contributed by atoms with Crippen molar-refractivity contribution in [2.24, 2.45) is 0 Å². The number of rotatable bonds is 7. The van der Waals surface area contributed by atoms with E-state index in [0.29, 0.717) is 24.8 Å². The molecule has 1 aromatic rings. The van der Waals surface area contributed by atoms with E-state index in [2.05, 4.69) is 5.32 Å². The third kappa shape index (κ3) is 4.82. The summed E-state index contributed by atoms with van der Waals surface area (Å²) < 4.78 is 10.0. The van der Waals surface area contributed by atoms with Crippen molar-refractivity contribution in [3.05, 3.63) is 34.3 Å². The number of esters is 1. The Morgan fingerprint density at radius 2 is 2.21 bits per heavy atom. The summed E-state index contributed by atoms with van der Waals surface area (Å²) in [5, 5.41) is 3.75. The number of halogens is 1. The van der Waals surface area contributed by atoms with E-state index in [-0.39, 0.29) is 5.97 Å². The lowest BCUT2D eigenvalue weighted by atomic mass is 10.1. The molecule has 0 fully saturated rings. The Morgan fingerprint density at radius 3 is 2.79 bits per heavy atom. The van der Waals surface area contributed by atoms with Crippen LogP contribution in [0.3, 0.4) is 0 Å². The highest BCUT2D eigenvalue weighted by Crippen LogP contribution is 2.22. The van der Waals surface area contributed by atoms with Crippen molar-refractivity contribution in [3.63, 3.8) is 0 Å². The minimum Gasteiger partial charge on any atom is -0.465 e. The van der Waals surface area contributed by atoms with Gasteiger partial charge in [0.2, 0.25) is 0 Å². The second-order valence-electron chi connectivity index (χ2n) is 4.14. The molecule has 0 radical (unpaired) electrons. The van der Waals surface area contributed by atoms with E-state index in [1.165, 1.54) is 0 Å². The molecule has 0 amide bonds. The summed E-state index contributed by atoms with van der Waals surface area (Å²) in [4.78, 5) is 12.0. The van der Waals surface area contributed by atoms with Crippen LogP contribution < -0.4 is 5.32 Å². The lowest BCUT2D eigenvalue weighted by Crippen LogP contribution is -2.32. The SMILES string of the molecule is CCOC(=O)C(NCCOC)c1ccc(C)c(Cl)c1. The predicted octanol–water partition coefficient (Wildman–Crippen LogP) is 2.49. The molecule has 0 saturated heterocycles. The van der Waals surface area contributed by atoms with Crippen molar-refractivity contribution in [1.29, 1.82) is 0 Å². The van der Waals surface area contributed by atoms with Crippen LogP contribution in [0, 0.1) is 6.92 Å². The quantitative estimate of drug-likeness (QED) is 0.618. The van der Waals surface area contributed by atoms with Crippen molar-refractivity contribution >= 4 is 17.6 Å². The van der Waals surface area contributed by atoms with E-state index >= 15 is 0 Å². The number of methoxy groups -OCH3 is 1. The van der Waals surface area contributed by atoms with Gasteiger partial charge in [0.1, 0.15) is 6.04 Å². The van der Waals surface area contributed by atoms with E-state index < -0.39 is 6.04 Å². The molecule has 0 spiro atoms. The number of ether oxygens (including phenoxy) is 2. The smallest absolute Gasteiger partial charge is 0.327 e. The molecule has 4 nitrogen and oxygen atoms in total. The Kier molecular flexibility index (Phi) is 6.84. The molecule has 106 valence electrons. The fourth-order valence-electron chi connectivity index (χ4n) is 1.66. The molecule has 1 unspecified atom stereocenters. The topological polar surface area (TPSA) is 47.6 Å². The molecule has 0 aliphatic heterocycles. The Hall–Kier alpha value is -1.10. The minimum absolute atomic E-state index is 0.307. The third-order valence-electron chi connectivity index (χ3n) is 2.71. The summed E-state index contributed by atoms with van der Waals surface area (Å²) >= 11 is 6.10. The summed E-state index contributed by atoms with van der Waals surface area (Å²) in [7, 11) is 1.61. The van der Waals surface area contributed by atoms with Crippen LogP contribution in [-0.2, 0) is 14.3 Å². The van der Waals surface area contributed by atoms with Gasteiger partial charge in [-0.1, -0.05) is 23.7 Å². The normalized spacial score (nSPS) is 12.2. The molecule has 0 bridgehead atoms. The molecule has 19 heavy (non-hydrogen) atoms. The lowest BCUT2D eigenvalue weighted by molar-refractivity contribution is -0.145. The molecular weight excluding hydrogens is 266 g/mol. The number of nitrogens with one attached hydrogen (secondary N) is 1. The molecule has 0 aliphatic carbocycles. The van der Waals surface area contributed by atoms with Gasteiger partial charge in [-0.05, 0) is 31.0 Å². The lowest BCUT2D eigenvalue weighted by Gasteiger charge is -2.18. The van der Waals surface area contributed by atoms with Gasteiger partial charge in [0.15, 0.2) is 0 Å². The number of hydrogen-bond acceptors (Lipinski definition) is 4. The van der Waals surface area contributed by atoms with Crippen molar-refractivity contribution in [2.45, 2.75) is 19.9 Å². The maximum Gasteiger partial charge on any atom is 0.327 e. The Labute approximate surface area is 119 Å². The van der Waals surface area contributed by atoms with Crippen LogP contribution in [0.1, 0.15) is 24.1 Å². The van der Waals surface area contributed by atoms with Crippen LogP contribution in [-0.4, -0.2) is 32.8 Å². The summed E-state index contributed by atoms with van der Waals surface area (Å²) in [6, 6.07) is 5.04. The zero-order valence-electron chi connectivity index (χ0n) is 11.5. The van der Waals surface area contributed by atoms with Crippen molar-refractivity contribution < 1.29 is 14.3 Å². The first-order valence-electron chi connectivity index (χ1n) is 6.25. The second kappa shape index (κ2) is 8.15. The van der Waals surface area contributed by atoms with Crippen molar-refractivity contribution in [2.75, 3.05) is 26.9 Å². The molecule has 0 heterocycles. The van der Waals surface area contributed by atoms with Gasteiger partial charge in [-0.25, -0.2) is 4.79 Å². The average molecular weight is 286 g/mol. The molecular formula is C14H20ClNO3. The highest BCUT2D eigenvalue weighted by molar-refractivity contribution is 6.31. The van der Waals surface area contributed by atoms with Crippen molar-refractivity contribution in [1.82, 2.24) is 5.32 Å². The number of hydrogen-bond donors (Lipinski definition) is 1. The monoisotopic (exact) mass is 285 g/mol. The first-order chi connectivity index (χ1) is 9.10. The molecule has 1 rings (SSSR count). The Bertz CT molecular complexity index is 423. The zero-order chi connectivity index (χ0) is 14.3. The van der Waals surface area contributed by atoms with E-state index in [4.69, 9.17) is 21.1 Å². The molecule has 0 aliphatic rings. The molecule has 1 aromatic carbocycles. The van der Waals surface area contributed by atoms with E-state index in [1.54, 1.807) is 20.1 Å². The van der Waals surface area contributed by atoms with Crippen LogP contribution >= 0.6 is 11.6 Å². The van der Waals surface area contributed by atoms with Gasteiger partial charge in [0.25, 0.3) is 0 Å². The maximum atomic E-state index is 12.0. The summed E-state index contributed by atoms with van der Waals surface area (Å²) in [5.41, 5.74) is 1.77. The van der Waals surface area contributed by atoms with Gasteiger partial charge in [-0.3, -0.25) is 5.32 Å². The van der Waals surface area contributed by atoms with Crippen LogP contribution in [0.5, 0.6) is 0 Å². The fourth-order valence-corrected chi connectivity index (χ4v) is 1.85. The van der Waals surface area contributed by atoms with Crippen molar-refractivity contribution in [3.8, 4) is 0 Å². The van der Waals surface area contributed by atoms with Gasteiger partial charge in [0, 0.05) is 18.7 Å². The number of benzene rings is 1. The van der Waals surface area contributed by atoms with Crippen LogP contribution in [0.25, 0.3) is 0 Å². The zero-order valence-corrected chi connectivity index (χ0v) is 12.3. The van der Waals surface area contributed by atoms with Gasteiger partial charge in [-0.2, -0.15) is 0 Å². The molecule has 1 N–H and O–H groups in total. The fraction of sp³-hybridized carbons (Fsp3) is 0.500. The number of aryl methyl sites for hydroxylation is 1. The standard InChI is InChI=1S/C14H20ClNO3/c1-4-19-14(17)13(16-7-8-18-3)11-6-5-10(2)12(15)9-11/h5-6,9,13,16H,4,7-8H2,1-3H3. The van der Waals surface area contributed by atoms with Gasteiger partial charge < -0.3 is 9.47 Å². The molecule has 1 atom stereocenters. The summed E-state index contributed by atoms with van der Waals surface area (Å²) in [6.07, 6.45) is 0. The second-order valence-corrected chi connectivity index (χ2v) is 4.55. The van der Waals surface area contributed by atoms with Crippen LogP contribution in [0.15, 0.2) is 18.2 Å². The van der Waals surface area contributed by atoms with E-state index in [0.717, 1.165) is 11.1 Å². The van der Waals surface area contributed by atoms with Crippen LogP contribution in [0.2, 0.25) is 5.02 Å². The largest absolute Gasteiger partial charge is 0.465 e. The minimum atomic E-state index is -0.520. The highest BCUT2D eigenvalue weighted by atomic mass is 35.5. The first-order valence-corrected chi connectivity index (χ1v) is 6.63. The first kappa shape index (κ1) is 16.0. The van der Waals surface area contributed by atoms with E-state index in [1.807, 2.05) is 19.1 Å². The number of carbonyl (C=O) groups is 1. The van der Waals surface area contributed by atoms with Gasteiger partial charge >= 0.3 is 5.97 Å². The van der Waals surface area contributed by atoms with Gasteiger partial charge in [-0.15, -0.1) is 0 Å². The molecule has 5 heteroatoms. The number of carbonyl (C=O) groups excluding carboxylic acids is 1. The predicted molar refractivity (Wildman–Crippen MR) is 75.4 cm³/mol. The summed E-state index contributed by atoms with van der Waals surface area (Å²) in [6.45, 7) is 5.14. The average Bonchev–Trinajstić information content (AvgIpc) is 2.38. The summed E-state index contributed by atoms with van der Waals surface area (Å²) in [5.74, 6) is -0.307. The highest BCUT2D eigenvalue weighted by Gasteiger charge is 2.21. The van der Waals surface area contributed by atoms with Gasteiger partial charge in [0.05, 0.1) is 13.2 Å². The Balaban J connectivity index is 2.87. The van der Waals surface area contributed by atoms with Crippen LogP contribution in [0.4, 0.5) is 0 Å². The third-order valence-corrected chi connectivity index (χ3v) is 3.11. The maximum absolute atomic E-state index is 12.0. The molecule has 0 saturated carbocycles. The Morgan fingerprint density at radius 1 is 1.47 bits per heavy atom.